The molecule has 0 saturated heterocycles. The lowest BCUT2D eigenvalue weighted by molar-refractivity contribution is -0.151. The van der Waals surface area contributed by atoms with Crippen LogP contribution in [0.1, 0.15) is 63.4 Å². The van der Waals surface area contributed by atoms with Crippen LogP contribution in [0.5, 0.6) is 5.75 Å². The molecule has 0 radical (unpaired) electrons. The van der Waals surface area contributed by atoms with Crippen LogP contribution in [0.25, 0.3) is 0 Å². The van der Waals surface area contributed by atoms with Gasteiger partial charge in [-0.1, -0.05) is 18.1 Å². The normalized spacial score (nSPS) is 20.2. The Hall–Kier alpha value is -2.48. The second-order valence-electron chi connectivity index (χ2n) is 6.89. The summed E-state index contributed by atoms with van der Waals surface area (Å²) in [6.45, 7) is 1.63. The molecule has 5 nitrogen and oxygen atoms in total. The van der Waals surface area contributed by atoms with Crippen molar-refractivity contribution in [1.29, 1.82) is 0 Å². The van der Waals surface area contributed by atoms with Gasteiger partial charge in [-0.3, -0.25) is 9.59 Å². The van der Waals surface area contributed by atoms with E-state index in [2.05, 4.69) is 18.1 Å². The van der Waals surface area contributed by atoms with E-state index >= 15 is 0 Å². The van der Waals surface area contributed by atoms with Crippen LogP contribution in [0.4, 0.5) is 0 Å². The topological polar surface area (TPSA) is 61.8 Å². The lowest BCUT2D eigenvalue weighted by Crippen LogP contribution is -2.24. The number of terminal acetylenes is 1. The first kappa shape index (κ1) is 20.8. The maximum Gasteiger partial charge on any atom is 0.307 e. The van der Waals surface area contributed by atoms with Gasteiger partial charge in [0.15, 0.2) is 6.10 Å². The van der Waals surface area contributed by atoms with Crippen molar-refractivity contribution in [2.24, 2.45) is 0 Å². The molecule has 1 aliphatic carbocycles. The monoisotopic (exact) mass is 372 g/mol. The third-order valence-electron chi connectivity index (χ3n) is 4.86. The van der Waals surface area contributed by atoms with E-state index in [1.54, 1.807) is 14.0 Å². The van der Waals surface area contributed by atoms with E-state index in [0.29, 0.717) is 12.3 Å². The van der Waals surface area contributed by atoms with Gasteiger partial charge in [-0.25, -0.2) is 0 Å². The average Bonchev–Trinajstić information content (AvgIpc) is 2.68. The molecular weight excluding hydrogens is 344 g/mol. The Morgan fingerprint density at radius 2 is 1.74 bits per heavy atom. The third-order valence-corrected chi connectivity index (χ3v) is 4.86. The van der Waals surface area contributed by atoms with E-state index in [0.717, 1.165) is 31.4 Å². The number of hydrogen-bond donors (Lipinski definition) is 0. The first-order chi connectivity index (χ1) is 13.0. The van der Waals surface area contributed by atoms with Crippen LogP contribution in [-0.2, 0) is 19.1 Å². The van der Waals surface area contributed by atoms with Crippen LogP contribution in [0.15, 0.2) is 24.3 Å². The molecule has 1 fully saturated rings. The van der Waals surface area contributed by atoms with E-state index in [4.69, 9.17) is 20.6 Å². The number of carbonyl (C=O) groups is 2. The van der Waals surface area contributed by atoms with Crippen molar-refractivity contribution < 1.29 is 23.8 Å². The molecule has 5 heteroatoms. The van der Waals surface area contributed by atoms with Crippen molar-refractivity contribution >= 4 is 11.9 Å². The zero-order valence-corrected chi connectivity index (χ0v) is 16.1. The maximum atomic E-state index is 12.0. The van der Waals surface area contributed by atoms with Crippen LogP contribution in [0.3, 0.4) is 0 Å². The Labute approximate surface area is 161 Å². The minimum absolute atomic E-state index is 0.0274. The predicted octanol–water partition coefficient (Wildman–Crippen LogP) is 4.00. The molecule has 1 aromatic carbocycles. The minimum atomic E-state index is -0.537. The van der Waals surface area contributed by atoms with Crippen LogP contribution in [0.2, 0.25) is 0 Å². The first-order valence-corrected chi connectivity index (χ1v) is 9.51. The molecule has 1 atom stereocenters. The molecule has 0 aliphatic heterocycles. The van der Waals surface area contributed by atoms with Crippen LogP contribution in [0, 0.1) is 12.3 Å². The summed E-state index contributed by atoms with van der Waals surface area (Å²) in [4.78, 5) is 23.5. The predicted molar refractivity (Wildman–Crippen MR) is 102 cm³/mol. The fraction of sp³-hybridized carbons (Fsp3) is 0.545. The second kappa shape index (κ2) is 10.6. The van der Waals surface area contributed by atoms with E-state index in [9.17, 15) is 9.59 Å². The lowest BCUT2D eigenvalue weighted by atomic mass is 9.83. The molecule has 1 aliphatic rings. The fourth-order valence-corrected chi connectivity index (χ4v) is 3.30. The first-order valence-electron chi connectivity index (χ1n) is 9.51. The van der Waals surface area contributed by atoms with Gasteiger partial charge < -0.3 is 14.2 Å². The molecule has 27 heavy (non-hydrogen) atoms. The van der Waals surface area contributed by atoms with Gasteiger partial charge in [0.05, 0.1) is 7.11 Å². The van der Waals surface area contributed by atoms with Gasteiger partial charge >= 0.3 is 11.9 Å². The third kappa shape index (κ3) is 6.97. The Morgan fingerprint density at radius 3 is 2.33 bits per heavy atom. The van der Waals surface area contributed by atoms with Gasteiger partial charge in [0.2, 0.25) is 0 Å². The Kier molecular flexibility index (Phi) is 8.19. The molecule has 1 unspecified atom stereocenters. The highest BCUT2D eigenvalue weighted by Gasteiger charge is 2.25. The summed E-state index contributed by atoms with van der Waals surface area (Å²) in [5.74, 6) is 3.06. The molecule has 0 amide bonds. The number of methoxy groups -OCH3 is 1. The van der Waals surface area contributed by atoms with E-state index in [-0.39, 0.29) is 30.9 Å². The van der Waals surface area contributed by atoms with Crippen LogP contribution < -0.4 is 4.74 Å². The number of hydrogen-bond acceptors (Lipinski definition) is 5. The summed E-state index contributed by atoms with van der Waals surface area (Å²) in [6, 6.07) is 8.18. The van der Waals surface area contributed by atoms with Crippen molar-refractivity contribution in [2.75, 3.05) is 7.11 Å². The zero-order chi connectivity index (χ0) is 19.6. The summed E-state index contributed by atoms with van der Waals surface area (Å²) in [5.41, 5.74) is 1.31. The van der Waals surface area contributed by atoms with E-state index in [1.165, 1.54) is 5.56 Å². The van der Waals surface area contributed by atoms with Gasteiger partial charge in [0.25, 0.3) is 0 Å². The molecule has 0 aromatic heterocycles. The molecule has 0 bridgehead atoms. The number of benzene rings is 1. The average molecular weight is 372 g/mol. The summed E-state index contributed by atoms with van der Waals surface area (Å²) in [5, 5.41) is 0. The second-order valence-corrected chi connectivity index (χ2v) is 6.89. The van der Waals surface area contributed by atoms with Gasteiger partial charge in [0.1, 0.15) is 11.9 Å². The summed E-state index contributed by atoms with van der Waals surface area (Å²) >= 11 is 0. The molecule has 0 spiro atoms. The van der Waals surface area contributed by atoms with Crippen molar-refractivity contribution in [1.82, 2.24) is 0 Å². The summed E-state index contributed by atoms with van der Waals surface area (Å²) < 4.78 is 15.7. The zero-order valence-electron chi connectivity index (χ0n) is 16.1. The molecule has 1 saturated carbocycles. The van der Waals surface area contributed by atoms with Gasteiger partial charge in [-0.05, 0) is 62.6 Å². The number of rotatable bonds is 8. The largest absolute Gasteiger partial charge is 0.497 e. The highest BCUT2D eigenvalue weighted by atomic mass is 16.5. The number of esters is 2. The van der Waals surface area contributed by atoms with Gasteiger partial charge in [-0.2, -0.15) is 0 Å². The number of carbonyl (C=O) groups excluding carboxylic acids is 2. The van der Waals surface area contributed by atoms with Gasteiger partial charge in [0, 0.05) is 12.8 Å². The Balaban J connectivity index is 1.65. The standard InChI is InChI=1S/C22H28O5/c1-4-16(2)26-21(23)6-5-7-22(24)27-20-14-10-18(11-15-20)17-8-12-19(25-3)13-9-17/h1,8-9,12-13,16,18,20H,5-7,10-11,14-15H2,2-3H3. The van der Waals surface area contributed by atoms with E-state index in [1.807, 2.05) is 12.1 Å². The highest BCUT2D eigenvalue weighted by Crippen LogP contribution is 2.34. The van der Waals surface area contributed by atoms with Crippen molar-refractivity contribution in [3.63, 3.8) is 0 Å². The van der Waals surface area contributed by atoms with Crippen molar-refractivity contribution in [2.45, 2.75) is 70.0 Å². The fourth-order valence-electron chi connectivity index (χ4n) is 3.30. The minimum Gasteiger partial charge on any atom is -0.497 e. The van der Waals surface area contributed by atoms with Crippen molar-refractivity contribution in [3.8, 4) is 18.1 Å². The highest BCUT2D eigenvalue weighted by molar-refractivity contribution is 5.72. The summed E-state index contributed by atoms with van der Waals surface area (Å²) in [6.07, 6.45) is 9.13. The Morgan fingerprint density at radius 1 is 1.11 bits per heavy atom. The SMILES string of the molecule is C#CC(C)OC(=O)CCCC(=O)OC1CCC(c2ccc(OC)cc2)CC1. The molecule has 0 N–H and O–H groups in total. The van der Waals surface area contributed by atoms with Crippen LogP contribution >= 0.6 is 0 Å². The molecule has 2 rings (SSSR count). The lowest BCUT2D eigenvalue weighted by Gasteiger charge is -2.28. The van der Waals surface area contributed by atoms with Crippen LogP contribution in [-0.4, -0.2) is 31.3 Å². The summed E-state index contributed by atoms with van der Waals surface area (Å²) in [7, 11) is 1.66. The maximum absolute atomic E-state index is 12.0. The molecule has 1 aromatic rings. The number of ether oxygens (including phenoxy) is 3. The quantitative estimate of drug-likeness (QED) is 0.510. The van der Waals surface area contributed by atoms with Crippen molar-refractivity contribution in [3.05, 3.63) is 29.8 Å². The molecule has 146 valence electrons. The van der Waals surface area contributed by atoms with Gasteiger partial charge in [-0.15, -0.1) is 6.42 Å². The molecule has 0 heterocycles. The van der Waals surface area contributed by atoms with E-state index < -0.39 is 6.10 Å². The Bertz CT molecular complexity index is 650. The molecular formula is C22H28O5. The smallest absolute Gasteiger partial charge is 0.307 e.